The molecule has 1 aromatic carbocycles. The van der Waals surface area contributed by atoms with E-state index in [0.717, 1.165) is 4.90 Å². The lowest BCUT2D eigenvalue weighted by molar-refractivity contribution is -0.138. The van der Waals surface area contributed by atoms with Crippen molar-refractivity contribution in [1.29, 1.82) is 0 Å². The van der Waals surface area contributed by atoms with Gasteiger partial charge >= 0.3 is 6.03 Å². The van der Waals surface area contributed by atoms with Crippen molar-refractivity contribution >= 4 is 29.4 Å². The third-order valence-corrected chi connectivity index (χ3v) is 4.36. The van der Waals surface area contributed by atoms with Gasteiger partial charge in [0, 0.05) is 23.7 Å². The molecule has 4 amide bonds. The van der Waals surface area contributed by atoms with Gasteiger partial charge in [-0.1, -0.05) is 42.0 Å². The highest BCUT2D eigenvalue weighted by molar-refractivity contribution is 6.32. The molecule has 0 aromatic heterocycles. The van der Waals surface area contributed by atoms with E-state index in [1.807, 2.05) is 0 Å². The first-order valence-corrected chi connectivity index (χ1v) is 8.11. The number of imide groups is 1. The number of benzene rings is 1. The smallest absolute Gasteiger partial charge is 0.325 e. The zero-order valence-electron chi connectivity index (χ0n) is 14.0. The van der Waals surface area contributed by atoms with Gasteiger partial charge in [0.05, 0.1) is 0 Å². The molecule has 0 saturated carbocycles. The maximum atomic E-state index is 12.8. The van der Waals surface area contributed by atoms with Crippen molar-refractivity contribution in [3.63, 3.8) is 0 Å². The number of nitrogens with one attached hydrogen (secondary N) is 1. The topological polar surface area (TPSA) is 69.7 Å². The van der Waals surface area contributed by atoms with Crippen molar-refractivity contribution < 1.29 is 14.4 Å². The minimum absolute atomic E-state index is 0.302. The number of nitrogens with zero attached hydrogens (tertiary/aromatic N) is 2. The molecular weight excluding hydrogens is 342 g/mol. The Balaban J connectivity index is 2.24. The largest absolute Gasteiger partial charge is 0.334 e. The molecule has 0 spiro atoms. The van der Waals surface area contributed by atoms with Crippen molar-refractivity contribution in [2.75, 3.05) is 19.6 Å². The number of hydrogen-bond donors (Lipinski definition) is 1. The highest BCUT2D eigenvalue weighted by Gasteiger charge is 2.50. The molecule has 132 valence electrons. The van der Waals surface area contributed by atoms with E-state index in [2.05, 4.69) is 18.5 Å². The Morgan fingerprint density at radius 2 is 1.88 bits per heavy atom. The summed E-state index contributed by atoms with van der Waals surface area (Å²) in [7, 11) is 0. The summed E-state index contributed by atoms with van der Waals surface area (Å²) in [4.78, 5) is 39.9. The molecule has 1 aromatic rings. The Hall–Kier alpha value is -2.60. The molecule has 1 N–H and O–H groups in total. The molecule has 1 atom stereocenters. The van der Waals surface area contributed by atoms with Crippen molar-refractivity contribution in [3.05, 3.63) is 60.2 Å². The number of carbonyl (C=O) groups is 3. The molecule has 0 radical (unpaired) electrons. The van der Waals surface area contributed by atoms with E-state index in [4.69, 9.17) is 11.6 Å². The average molecular weight is 362 g/mol. The number of urea groups is 1. The molecule has 1 saturated heterocycles. The van der Waals surface area contributed by atoms with Crippen LogP contribution in [0.5, 0.6) is 0 Å². The first-order valence-electron chi connectivity index (χ1n) is 7.73. The summed E-state index contributed by atoms with van der Waals surface area (Å²) in [6, 6.07) is 6.16. The number of amides is 4. The van der Waals surface area contributed by atoms with Crippen LogP contribution < -0.4 is 5.32 Å². The van der Waals surface area contributed by atoms with Gasteiger partial charge < -0.3 is 10.2 Å². The van der Waals surface area contributed by atoms with Gasteiger partial charge in [0.25, 0.3) is 5.91 Å². The number of halogens is 1. The molecule has 1 aliphatic heterocycles. The Morgan fingerprint density at radius 3 is 2.44 bits per heavy atom. The molecule has 1 fully saturated rings. The van der Waals surface area contributed by atoms with Gasteiger partial charge in [-0.05, 0) is 13.0 Å². The van der Waals surface area contributed by atoms with Crippen LogP contribution in [0.3, 0.4) is 0 Å². The Bertz CT molecular complexity index is 724. The lowest BCUT2D eigenvalue weighted by Crippen LogP contribution is -2.44. The van der Waals surface area contributed by atoms with Crippen molar-refractivity contribution in [2.45, 2.75) is 12.5 Å². The van der Waals surface area contributed by atoms with Crippen LogP contribution in [0.1, 0.15) is 12.5 Å². The van der Waals surface area contributed by atoms with Crippen molar-refractivity contribution in [1.82, 2.24) is 15.1 Å². The van der Waals surface area contributed by atoms with E-state index in [-0.39, 0.29) is 12.5 Å². The van der Waals surface area contributed by atoms with Gasteiger partial charge in [-0.2, -0.15) is 0 Å². The quantitative estimate of drug-likeness (QED) is 0.598. The highest BCUT2D eigenvalue weighted by Crippen LogP contribution is 2.33. The SMILES string of the molecule is C=CCN(CC=C)C(=O)CN1C(=O)N[C@](C)(c2ccccc2Cl)C1=O. The summed E-state index contributed by atoms with van der Waals surface area (Å²) in [5, 5.41) is 3.00. The van der Waals surface area contributed by atoms with Gasteiger partial charge in [0.1, 0.15) is 12.1 Å². The summed E-state index contributed by atoms with van der Waals surface area (Å²) < 4.78 is 0. The second kappa shape index (κ2) is 7.53. The van der Waals surface area contributed by atoms with E-state index in [9.17, 15) is 14.4 Å². The lowest BCUT2D eigenvalue weighted by Gasteiger charge is -2.24. The Morgan fingerprint density at radius 1 is 1.28 bits per heavy atom. The maximum Gasteiger partial charge on any atom is 0.325 e. The molecule has 1 heterocycles. The average Bonchev–Trinajstić information content (AvgIpc) is 2.79. The maximum absolute atomic E-state index is 12.8. The lowest BCUT2D eigenvalue weighted by atomic mass is 9.92. The predicted molar refractivity (Wildman–Crippen MR) is 96.0 cm³/mol. The molecule has 25 heavy (non-hydrogen) atoms. The van der Waals surface area contributed by atoms with E-state index in [1.54, 1.807) is 43.3 Å². The van der Waals surface area contributed by atoms with Crippen LogP contribution in [-0.4, -0.2) is 47.3 Å². The first kappa shape index (κ1) is 18.7. The van der Waals surface area contributed by atoms with E-state index >= 15 is 0 Å². The molecule has 2 rings (SSSR count). The molecule has 7 heteroatoms. The number of rotatable bonds is 7. The molecule has 0 bridgehead atoms. The molecule has 1 aliphatic rings. The van der Waals surface area contributed by atoms with Gasteiger partial charge in [-0.15, -0.1) is 13.2 Å². The van der Waals surface area contributed by atoms with Crippen LogP contribution in [0.2, 0.25) is 5.02 Å². The van der Waals surface area contributed by atoms with E-state index in [0.29, 0.717) is 23.7 Å². The van der Waals surface area contributed by atoms with Gasteiger partial charge in [-0.3, -0.25) is 14.5 Å². The minimum Gasteiger partial charge on any atom is -0.334 e. The second-order valence-electron chi connectivity index (χ2n) is 5.80. The van der Waals surface area contributed by atoms with Crippen molar-refractivity contribution in [2.24, 2.45) is 0 Å². The summed E-state index contributed by atoms with van der Waals surface area (Å²) in [5.74, 6) is -0.886. The summed E-state index contributed by atoms with van der Waals surface area (Å²) in [6.07, 6.45) is 3.14. The normalized spacial score (nSPS) is 19.5. The highest BCUT2D eigenvalue weighted by atomic mass is 35.5. The molecule has 6 nitrogen and oxygen atoms in total. The van der Waals surface area contributed by atoms with Gasteiger partial charge in [-0.25, -0.2) is 4.79 Å². The third kappa shape index (κ3) is 3.58. The zero-order valence-corrected chi connectivity index (χ0v) is 14.8. The molecule has 0 unspecified atom stereocenters. The van der Waals surface area contributed by atoms with E-state index < -0.39 is 17.5 Å². The van der Waals surface area contributed by atoms with Crippen LogP contribution in [-0.2, 0) is 15.1 Å². The van der Waals surface area contributed by atoms with Gasteiger partial charge in [0.2, 0.25) is 5.91 Å². The van der Waals surface area contributed by atoms with Crippen LogP contribution in [0, 0.1) is 0 Å². The fraction of sp³-hybridized carbons (Fsp3) is 0.278. The fourth-order valence-electron chi connectivity index (χ4n) is 2.71. The summed E-state index contributed by atoms with van der Waals surface area (Å²) in [6.45, 7) is 9.02. The summed E-state index contributed by atoms with van der Waals surface area (Å²) in [5.41, 5.74) is -0.823. The third-order valence-electron chi connectivity index (χ3n) is 4.03. The fourth-order valence-corrected chi connectivity index (χ4v) is 3.04. The number of carbonyl (C=O) groups excluding carboxylic acids is 3. The minimum atomic E-state index is -1.31. The van der Waals surface area contributed by atoms with Crippen LogP contribution in [0.15, 0.2) is 49.6 Å². The second-order valence-corrected chi connectivity index (χ2v) is 6.21. The first-order chi connectivity index (χ1) is 11.8. The van der Waals surface area contributed by atoms with E-state index in [1.165, 1.54) is 4.90 Å². The monoisotopic (exact) mass is 361 g/mol. The Kier molecular flexibility index (Phi) is 5.64. The van der Waals surface area contributed by atoms with Crippen LogP contribution in [0.25, 0.3) is 0 Å². The van der Waals surface area contributed by atoms with Gasteiger partial charge in [0.15, 0.2) is 0 Å². The van der Waals surface area contributed by atoms with Crippen molar-refractivity contribution in [3.8, 4) is 0 Å². The predicted octanol–water partition coefficient (Wildman–Crippen LogP) is 2.31. The molecule has 0 aliphatic carbocycles. The number of hydrogen-bond acceptors (Lipinski definition) is 3. The zero-order chi connectivity index (χ0) is 18.6. The van der Waals surface area contributed by atoms with Crippen LogP contribution in [0.4, 0.5) is 4.79 Å². The standard InChI is InChI=1S/C18H20ClN3O3/c1-4-10-21(11-5-2)15(23)12-22-16(24)18(3,20-17(22)25)13-8-6-7-9-14(13)19/h4-9H,1-2,10-12H2,3H3,(H,20,25)/t18-/m1/s1. The molecular formula is C18H20ClN3O3. The van der Waals surface area contributed by atoms with Crippen LogP contribution >= 0.6 is 11.6 Å². The summed E-state index contributed by atoms with van der Waals surface area (Å²) >= 11 is 6.17. The Labute approximate surface area is 151 Å².